The fourth-order valence-corrected chi connectivity index (χ4v) is 6.86. The summed E-state index contributed by atoms with van der Waals surface area (Å²) in [6.07, 6.45) is -8.97. The molecule has 12 heteroatoms. The monoisotopic (exact) mass is 823 g/mol. The van der Waals surface area contributed by atoms with Gasteiger partial charge in [-0.05, 0) is 34.7 Å². The average Bonchev–Trinajstić information content (AvgIpc) is 3.28. The lowest BCUT2D eigenvalue weighted by molar-refractivity contribution is -0.311. The molecule has 0 saturated carbocycles. The second-order valence-electron chi connectivity index (χ2n) is 14.4. The van der Waals surface area contributed by atoms with E-state index in [1.807, 2.05) is 127 Å². The number of carbonyl (C=O) groups excluding carboxylic acids is 2. The topological polar surface area (TPSA) is 111 Å². The molecule has 0 aromatic heterocycles. The van der Waals surface area contributed by atoms with Crippen molar-refractivity contribution >= 4 is 12.1 Å². The second kappa shape index (κ2) is 22.8. The molecule has 5 aromatic carbocycles. The van der Waals surface area contributed by atoms with Crippen LogP contribution in [0.15, 0.2) is 152 Å². The zero-order valence-electron chi connectivity index (χ0n) is 33.5. The Bertz CT molecular complexity index is 2000. The molecule has 6 rings (SSSR count). The zero-order chi connectivity index (χ0) is 42.0. The third-order valence-corrected chi connectivity index (χ3v) is 9.85. The van der Waals surface area contributed by atoms with E-state index >= 15 is 8.78 Å². The highest BCUT2D eigenvalue weighted by Crippen LogP contribution is 2.40. The maximum absolute atomic E-state index is 17.4. The summed E-state index contributed by atoms with van der Waals surface area (Å²) >= 11 is 0. The number of benzene rings is 5. The predicted octanol–water partition coefficient (Wildman–Crippen LogP) is 8.61. The van der Waals surface area contributed by atoms with Crippen LogP contribution >= 0.6 is 0 Å². The largest absolute Gasteiger partial charge is 0.464 e. The number of alkyl halides is 2. The molecule has 5 aromatic rings. The van der Waals surface area contributed by atoms with Crippen LogP contribution in [0.3, 0.4) is 0 Å². The second-order valence-corrected chi connectivity index (χ2v) is 14.4. The van der Waals surface area contributed by atoms with Crippen LogP contribution in [0.4, 0.5) is 13.6 Å². The van der Waals surface area contributed by atoms with E-state index in [9.17, 15) is 9.59 Å². The van der Waals surface area contributed by atoms with E-state index < -0.39 is 61.0 Å². The molecule has 1 N–H and O–H groups in total. The van der Waals surface area contributed by atoms with Gasteiger partial charge in [0.2, 0.25) is 0 Å². The van der Waals surface area contributed by atoms with Gasteiger partial charge in [0.05, 0.1) is 39.6 Å². The van der Waals surface area contributed by atoms with Crippen molar-refractivity contribution in [1.29, 1.82) is 0 Å². The summed E-state index contributed by atoms with van der Waals surface area (Å²) in [5.41, 5.74) is 3.92. The van der Waals surface area contributed by atoms with Crippen molar-refractivity contribution in [2.75, 3.05) is 13.2 Å². The smallest absolute Gasteiger partial charge is 0.408 e. The van der Waals surface area contributed by atoms with Gasteiger partial charge in [-0.3, -0.25) is 0 Å². The van der Waals surface area contributed by atoms with Crippen LogP contribution in [0.25, 0.3) is 0 Å². The third-order valence-electron chi connectivity index (χ3n) is 9.85. The number of hydrogen-bond acceptors (Lipinski definition) is 9. The molecule has 0 radical (unpaired) electrons. The van der Waals surface area contributed by atoms with Gasteiger partial charge in [-0.1, -0.05) is 152 Å². The van der Waals surface area contributed by atoms with E-state index in [1.165, 1.54) is 0 Å². The maximum atomic E-state index is 17.4. The minimum atomic E-state index is -3.85. The van der Waals surface area contributed by atoms with E-state index in [4.69, 9.17) is 33.2 Å². The summed E-state index contributed by atoms with van der Waals surface area (Å²) in [5, 5.41) is 2.32. The van der Waals surface area contributed by atoms with Crippen molar-refractivity contribution in [3.05, 3.63) is 179 Å². The number of hydrogen-bond donors (Lipinski definition) is 1. The summed E-state index contributed by atoms with van der Waals surface area (Å²) < 4.78 is 77.5. The third kappa shape index (κ3) is 13.3. The number of esters is 1. The van der Waals surface area contributed by atoms with Crippen LogP contribution in [0.2, 0.25) is 0 Å². The Morgan fingerprint density at radius 1 is 0.583 bits per heavy atom. The lowest BCUT2D eigenvalue weighted by Gasteiger charge is -2.48. The first kappa shape index (κ1) is 44.1. The Morgan fingerprint density at radius 3 is 1.47 bits per heavy atom. The Kier molecular flexibility index (Phi) is 16.7. The molecular weight excluding hydrogens is 773 g/mol. The van der Waals surface area contributed by atoms with Gasteiger partial charge in [0.15, 0.2) is 6.10 Å². The molecular formula is C48H51F2NO9. The number of amides is 1. The molecule has 1 heterocycles. The normalized spacial score (nSPS) is 19.6. The molecule has 1 aliphatic rings. The summed E-state index contributed by atoms with van der Waals surface area (Å²) in [6.45, 7) is 1.40. The van der Waals surface area contributed by atoms with Crippen molar-refractivity contribution < 1.29 is 51.5 Å². The van der Waals surface area contributed by atoms with E-state index in [0.29, 0.717) is 5.56 Å². The van der Waals surface area contributed by atoms with Crippen molar-refractivity contribution in [3.8, 4) is 0 Å². The Hall–Kier alpha value is -5.50. The van der Waals surface area contributed by atoms with Gasteiger partial charge in [-0.25, -0.2) is 18.4 Å². The van der Waals surface area contributed by atoms with E-state index in [1.54, 1.807) is 31.2 Å². The SMILES string of the molecule is CCOC(=O)[C@H](CC(F)(F)[C@@H]1O[C@H](COCc2ccccc2)[C@H](OCc2ccccc2)[C@H](OCc2ccccc2)[C@H]1OCc1ccccc1)NC(=O)OCc1ccccc1. The zero-order valence-corrected chi connectivity index (χ0v) is 33.5. The molecule has 6 atom stereocenters. The minimum absolute atomic E-state index is 0.0397. The molecule has 0 aliphatic carbocycles. The average molecular weight is 824 g/mol. The molecule has 316 valence electrons. The Labute approximate surface area is 349 Å². The molecule has 0 unspecified atom stereocenters. The molecule has 1 saturated heterocycles. The molecule has 10 nitrogen and oxygen atoms in total. The van der Waals surface area contributed by atoms with Gasteiger partial charge < -0.3 is 38.5 Å². The predicted molar refractivity (Wildman–Crippen MR) is 220 cm³/mol. The van der Waals surface area contributed by atoms with Gasteiger partial charge in [0, 0.05) is 6.42 Å². The summed E-state index contributed by atoms with van der Waals surface area (Å²) in [6, 6.07) is 44.4. The maximum Gasteiger partial charge on any atom is 0.408 e. The van der Waals surface area contributed by atoms with Crippen molar-refractivity contribution in [2.45, 2.75) is 88.9 Å². The fraction of sp³-hybridized carbons (Fsp3) is 0.333. The van der Waals surface area contributed by atoms with Crippen LogP contribution in [-0.4, -0.2) is 67.8 Å². The van der Waals surface area contributed by atoms with Crippen molar-refractivity contribution in [3.63, 3.8) is 0 Å². The van der Waals surface area contributed by atoms with E-state index in [2.05, 4.69) is 5.32 Å². The number of carbonyl (C=O) groups is 2. The number of rotatable bonds is 21. The van der Waals surface area contributed by atoms with Gasteiger partial charge in [0.25, 0.3) is 5.92 Å². The fourth-order valence-electron chi connectivity index (χ4n) is 6.86. The highest BCUT2D eigenvalue weighted by atomic mass is 19.3. The lowest BCUT2D eigenvalue weighted by Crippen LogP contribution is -2.66. The van der Waals surface area contributed by atoms with Crippen LogP contribution in [0.1, 0.15) is 41.2 Å². The number of ether oxygens (including phenoxy) is 7. The van der Waals surface area contributed by atoms with Crippen LogP contribution in [0.5, 0.6) is 0 Å². The summed E-state index contributed by atoms with van der Waals surface area (Å²) in [5.74, 6) is -4.91. The number of alkyl carbamates (subject to hydrolysis) is 1. The summed E-state index contributed by atoms with van der Waals surface area (Å²) in [7, 11) is 0. The first-order chi connectivity index (χ1) is 29.3. The van der Waals surface area contributed by atoms with Crippen molar-refractivity contribution in [2.24, 2.45) is 0 Å². The number of nitrogens with one attached hydrogen (secondary N) is 1. The standard InChI is InChI=1S/C48H51F2NO9/c1-2-55-46(52)40(51-47(53)59-33-39-26-16-7-17-27-39)28-48(49,50)45-44(58-32-38-24-14-6-15-25-38)43(57-31-37-22-12-5-13-23-37)42(56-30-36-20-10-4-11-21-36)41(60-45)34-54-29-35-18-8-3-9-19-35/h3-27,40-45H,2,28-34H2,1H3,(H,51,53)/t40-,41+,42-,43-,44+,45+/m0/s1. The number of halogens is 2. The van der Waals surface area contributed by atoms with E-state index in [-0.39, 0.29) is 46.2 Å². The van der Waals surface area contributed by atoms with Gasteiger partial charge in [-0.2, -0.15) is 0 Å². The highest BCUT2D eigenvalue weighted by molar-refractivity contribution is 5.81. The van der Waals surface area contributed by atoms with Crippen LogP contribution in [0, 0.1) is 0 Å². The Balaban J connectivity index is 1.34. The minimum Gasteiger partial charge on any atom is -0.464 e. The molecule has 0 bridgehead atoms. The van der Waals surface area contributed by atoms with Gasteiger partial charge in [-0.15, -0.1) is 0 Å². The van der Waals surface area contributed by atoms with Crippen molar-refractivity contribution in [1.82, 2.24) is 5.32 Å². The molecule has 1 aliphatic heterocycles. The lowest BCUT2D eigenvalue weighted by atomic mass is 9.88. The molecule has 1 amide bonds. The van der Waals surface area contributed by atoms with E-state index in [0.717, 1.165) is 22.3 Å². The van der Waals surface area contributed by atoms with Gasteiger partial charge >= 0.3 is 12.1 Å². The van der Waals surface area contributed by atoms with Crippen LogP contribution < -0.4 is 5.32 Å². The van der Waals surface area contributed by atoms with Crippen LogP contribution in [-0.2, 0) is 71.0 Å². The molecule has 0 spiro atoms. The Morgan fingerprint density at radius 2 is 1.00 bits per heavy atom. The molecule has 60 heavy (non-hydrogen) atoms. The first-order valence-electron chi connectivity index (χ1n) is 20.0. The quantitative estimate of drug-likeness (QED) is 0.0728. The first-order valence-corrected chi connectivity index (χ1v) is 20.0. The van der Waals surface area contributed by atoms with Gasteiger partial charge in [0.1, 0.15) is 37.1 Å². The summed E-state index contributed by atoms with van der Waals surface area (Å²) in [4.78, 5) is 26.3. The highest BCUT2D eigenvalue weighted by Gasteiger charge is 2.58. The molecule has 1 fully saturated rings.